The van der Waals surface area contributed by atoms with Gasteiger partial charge in [-0.1, -0.05) is 19.0 Å². The van der Waals surface area contributed by atoms with Crippen LogP contribution in [-0.4, -0.2) is 92.0 Å². The van der Waals surface area contributed by atoms with Crippen LogP contribution in [0.4, 0.5) is 0 Å². The molecule has 0 unspecified atom stereocenters. The van der Waals surface area contributed by atoms with Crippen molar-refractivity contribution in [3.63, 3.8) is 0 Å². The maximum absolute atomic E-state index is 13.6. The zero-order chi connectivity index (χ0) is 29.8. The van der Waals surface area contributed by atoms with Crippen molar-refractivity contribution in [1.82, 2.24) is 4.90 Å². The van der Waals surface area contributed by atoms with Gasteiger partial charge >= 0.3 is 11.9 Å². The third-order valence-electron chi connectivity index (χ3n) is 12.5. The number of hydrogen-bond acceptors (Lipinski definition) is 11. The number of fused-ring (bicyclic) bond motifs is 1. The van der Waals surface area contributed by atoms with Gasteiger partial charge in [-0.3, -0.25) is 9.69 Å². The molecule has 8 rings (SSSR count). The van der Waals surface area contributed by atoms with Crippen LogP contribution < -0.4 is 0 Å². The number of oxime groups is 1. The molecule has 0 bridgehead atoms. The summed E-state index contributed by atoms with van der Waals surface area (Å²) in [6, 6.07) is 1.87. The van der Waals surface area contributed by atoms with Crippen molar-refractivity contribution in [2.75, 3.05) is 46.1 Å². The molecule has 5 saturated heterocycles. The van der Waals surface area contributed by atoms with Gasteiger partial charge in [0, 0.05) is 47.4 Å². The molecule has 0 amide bonds. The van der Waals surface area contributed by atoms with E-state index in [9.17, 15) is 9.59 Å². The highest BCUT2D eigenvalue weighted by Crippen LogP contribution is 2.80. The third kappa shape index (κ3) is 3.53. The van der Waals surface area contributed by atoms with Gasteiger partial charge in [-0.15, -0.1) is 0 Å². The average Bonchev–Trinajstić information content (AvgIpc) is 3.46. The Morgan fingerprint density at radius 1 is 1.05 bits per heavy atom. The van der Waals surface area contributed by atoms with Gasteiger partial charge in [0.2, 0.25) is 0 Å². The van der Waals surface area contributed by atoms with Crippen LogP contribution in [0, 0.1) is 28.1 Å². The molecule has 7 fully saturated rings. The van der Waals surface area contributed by atoms with Crippen molar-refractivity contribution >= 4 is 17.7 Å². The van der Waals surface area contributed by atoms with E-state index in [2.05, 4.69) is 32.6 Å². The number of hydrogen-bond donors (Lipinski definition) is 0. The third-order valence-corrected chi connectivity index (χ3v) is 12.5. The lowest BCUT2D eigenvalue weighted by molar-refractivity contribution is -0.209. The number of rotatable bonds is 5. The number of cyclic esters (lactones) is 2. The zero-order valence-electron chi connectivity index (χ0n) is 25.5. The minimum Gasteiger partial charge on any atom is -0.472 e. The molecule has 43 heavy (non-hydrogen) atoms. The summed E-state index contributed by atoms with van der Waals surface area (Å²) in [5.41, 5.74) is -1.32. The van der Waals surface area contributed by atoms with E-state index in [1.54, 1.807) is 12.5 Å². The van der Waals surface area contributed by atoms with E-state index in [0.717, 1.165) is 57.0 Å². The largest absolute Gasteiger partial charge is 0.472 e. The highest BCUT2D eigenvalue weighted by molar-refractivity contribution is 5.96. The molecule has 1 aromatic heterocycles. The lowest BCUT2D eigenvalue weighted by atomic mass is 9.37. The highest BCUT2D eigenvalue weighted by atomic mass is 16.7. The van der Waals surface area contributed by atoms with Gasteiger partial charge in [-0.05, 0) is 45.1 Å². The molecule has 0 aromatic carbocycles. The van der Waals surface area contributed by atoms with Gasteiger partial charge in [0.05, 0.1) is 49.6 Å². The van der Waals surface area contributed by atoms with E-state index in [-0.39, 0.29) is 36.3 Å². The van der Waals surface area contributed by atoms with Gasteiger partial charge in [0.15, 0.2) is 6.10 Å². The summed E-state index contributed by atoms with van der Waals surface area (Å²) in [6.45, 7) is 13.4. The Bertz CT molecular complexity index is 1340. The van der Waals surface area contributed by atoms with E-state index in [0.29, 0.717) is 19.6 Å². The van der Waals surface area contributed by atoms with Gasteiger partial charge in [-0.2, -0.15) is 0 Å². The molecule has 2 aliphatic carbocycles. The van der Waals surface area contributed by atoms with Crippen LogP contribution in [0.3, 0.4) is 0 Å². The van der Waals surface area contributed by atoms with Crippen molar-refractivity contribution in [2.45, 2.75) is 82.9 Å². The Hall–Kier alpha value is -2.47. The van der Waals surface area contributed by atoms with E-state index < -0.39 is 39.7 Å². The standard InChI is InChI=1S/C32H42N2O9/c1-28(2)21-15-22(33-40-14-10-34-8-12-37-13-9-34)30(4)20(31(21)18-39-24(35)16-23(31)42-28)5-7-29(3)25(19-6-11-38-17-19)41-27(36)26-32(29,30)43-26/h6,11,17,20-21,23,25-26H,5,7-10,12-16,18H2,1-4H3/b33-22-/t20-,21-,23-,25-,26+,29-,30-,31+,32+/m0/s1. The normalized spacial score (nSPS) is 47.3. The van der Waals surface area contributed by atoms with Gasteiger partial charge < -0.3 is 32.9 Å². The van der Waals surface area contributed by atoms with Crippen LogP contribution in [0.15, 0.2) is 28.2 Å². The summed E-state index contributed by atoms with van der Waals surface area (Å²) in [5, 5.41) is 4.95. The molecule has 1 aromatic rings. The number of morpholine rings is 1. The van der Waals surface area contributed by atoms with Crippen LogP contribution in [-0.2, 0) is 38.1 Å². The Balaban J connectivity index is 1.23. The zero-order valence-corrected chi connectivity index (χ0v) is 25.5. The summed E-state index contributed by atoms with van der Waals surface area (Å²) >= 11 is 0. The number of ether oxygens (including phenoxy) is 5. The smallest absolute Gasteiger partial charge is 0.339 e. The quantitative estimate of drug-likeness (QED) is 0.216. The second-order valence-corrected chi connectivity index (χ2v) is 14.6. The number of furan rings is 1. The van der Waals surface area contributed by atoms with Crippen molar-refractivity contribution in [2.24, 2.45) is 33.2 Å². The number of carbonyl (C=O) groups excluding carboxylic acids is 2. The van der Waals surface area contributed by atoms with Crippen LogP contribution in [0.25, 0.3) is 0 Å². The summed E-state index contributed by atoms with van der Waals surface area (Å²) in [4.78, 5) is 34.7. The second-order valence-electron chi connectivity index (χ2n) is 14.6. The molecular formula is C32H42N2O9. The SMILES string of the molecule is CC1(C)O[C@H]2CC(=O)OC[C@]23[C@H]2CC[C@@]4(C)[C@H](c5ccoc5)OC(=O)[C@H]5O[C@]54[C@]2(C)/C(=N\OCCN2CCOCC2)C[C@@H]13. The molecule has 5 aliphatic heterocycles. The Morgan fingerprint density at radius 2 is 1.86 bits per heavy atom. The number of nitrogens with zero attached hydrogens (tertiary/aromatic N) is 2. The van der Waals surface area contributed by atoms with Crippen molar-refractivity contribution < 1.29 is 42.5 Å². The van der Waals surface area contributed by atoms with E-state index >= 15 is 0 Å². The fourth-order valence-corrected chi connectivity index (χ4v) is 10.6. The van der Waals surface area contributed by atoms with Crippen LogP contribution in [0.5, 0.6) is 0 Å². The van der Waals surface area contributed by atoms with E-state index in [1.807, 2.05) is 6.07 Å². The predicted molar refractivity (Wildman–Crippen MR) is 150 cm³/mol. The van der Waals surface area contributed by atoms with Crippen molar-refractivity contribution in [3.8, 4) is 0 Å². The monoisotopic (exact) mass is 598 g/mol. The molecule has 11 nitrogen and oxygen atoms in total. The van der Waals surface area contributed by atoms with Crippen LogP contribution >= 0.6 is 0 Å². The number of carbonyl (C=O) groups is 2. The topological polar surface area (TPSA) is 122 Å². The number of esters is 2. The lowest BCUT2D eigenvalue weighted by Crippen LogP contribution is -2.72. The minimum atomic E-state index is -0.870. The van der Waals surface area contributed by atoms with Gasteiger partial charge in [0.1, 0.15) is 24.9 Å². The summed E-state index contributed by atoms with van der Waals surface area (Å²) in [5.74, 6) is -0.544. The van der Waals surface area contributed by atoms with E-state index in [4.69, 9.17) is 38.1 Å². The molecular weight excluding hydrogens is 556 g/mol. The maximum atomic E-state index is 13.6. The second kappa shape index (κ2) is 9.28. The predicted octanol–water partition coefficient (Wildman–Crippen LogP) is 3.27. The van der Waals surface area contributed by atoms with E-state index in [1.165, 1.54) is 0 Å². The summed E-state index contributed by atoms with van der Waals surface area (Å²) < 4.78 is 36.4. The molecule has 7 aliphatic rings. The maximum Gasteiger partial charge on any atom is 0.339 e. The molecule has 2 spiro atoms. The first-order chi connectivity index (χ1) is 20.6. The number of epoxide rings is 1. The molecule has 11 heteroatoms. The molecule has 0 radical (unpaired) electrons. The first kappa shape index (κ1) is 28.0. The molecule has 234 valence electrons. The fraction of sp³-hybridized carbons (Fsp3) is 0.781. The van der Waals surface area contributed by atoms with Crippen molar-refractivity contribution in [3.05, 3.63) is 24.2 Å². The van der Waals surface area contributed by atoms with Gasteiger partial charge in [-0.25, -0.2) is 4.79 Å². The Kier molecular flexibility index (Phi) is 6.05. The summed E-state index contributed by atoms with van der Waals surface area (Å²) in [6.07, 6.45) is 4.17. The first-order valence-corrected chi connectivity index (χ1v) is 15.8. The Morgan fingerprint density at radius 3 is 2.63 bits per heavy atom. The fourth-order valence-electron chi connectivity index (χ4n) is 10.6. The highest BCUT2D eigenvalue weighted by Gasteiger charge is 2.89. The lowest BCUT2D eigenvalue weighted by Gasteiger charge is -2.65. The summed E-state index contributed by atoms with van der Waals surface area (Å²) in [7, 11) is 0. The molecule has 9 atom stereocenters. The average molecular weight is 599 g/mol. The first-order valence-electron chi connectivity index (χ1n) is 15.8. The van der Waals surface area contributed by atoms with Crippen LogP contribution in [0.1, 0.15) is 65.0 Å². The van der Waals surface area contributed by atoms with Gasteiger partial charge in [0.25, 0.3) is 0 Å². The molecule has 6 heterocycles. The Labute approximate surface area is 251 Å². The van der Waals surface area contributed by atoms with Crippen LogP contribution in [0.2, 0.25) is 0 Å². The molecule has 0 N–H and O–H groups in total. The molecule has 2 saturated carbocycles. The minimum absolute atomic E-state index is 0.0193. The van der Waals surface area contributed by atoms with Crippen molar-refractivity contribution in [1.29, 1.82) is 0 Å².